The van der Waals surface area contributed by atoms with Crippen LogP contribution in [0.1, 0.15) is 58.3 Å². The summed E-state index contributed by atoms with van der Waals surface area (Å²) in [5.41, 5.74) is 0. The van der Waals surface area contributed by atoms with Crippen LogP contribution >= 0.6 is 0 Å². The average molecular weight is 211 g/mol. The molecule has 2 N–H and O–H groups in total. The third-order valence-corrected chi connectivity index (χ3v) is 4.31. The van der Waals surface area contributed by atoms with Crippen molar-refractivity contribution in [3.8, 4) is 0 Å². The van der Waals surface area contributed by atoms with E-state index in [1.54, 1.807) is 0 Å². The summed E-state index contributed by atoms with van der Waals surface area (Å²) in [6.45, 7) is 2.30. The molecule has 0 unspecified atom stereocenters. The molecule has 2 heteroatoms. The van der Waals surface area contributed by atoms with E-state index in [1.807, 2.05) is 0 Å². The molecule has 3 atom stereocenters. The highest BCUT2D eigenvalue weighted by Crippen LogP contribution is 2.28. The molecule has 0 aromatic rings. The van der Waals surface area contributed by atoms with Crippen LogP contribution in [0.5, 0.6) is 0 Å². The summed E-state index contributed by atoms with van der Waals surface area (Å²) in [6.07, 6.45) is 10.1. The van der Waals surface area contributed by atoms with Gasteiger partial charge in [0.1, 0.15) is 0 Å². The minimum absolute atomic E-state index is 0.0948. The van der Waals surface area contributed by atoms with Crippen LogP contribution in [0.25, 0.3) is 0 Å². The van der Waals surface area contributed by atoms with Crippen molar-refractivity contribution >= 4 is 0 Å². The molecule has 0 bridgehead atoms. The molecule has 0 radical (unpaired) electrons. The van der Waals surface area contributed by atoms with E-state index < -0.39 is 0 Å². The van der Waals surface area contributed by atoms with Crippen molar-refractivity contribution in [2.45, 2.75) is 76.5 Å². The lowest BCUT2D eigenvalue weighted by Crippen LogP contribution is -2.48. The molecule has 0 heterocycles. The van der Waals surface area contributed by atoms with Crippen LogP contribution in [-0.2, 0) is 0 Å². The summed E-state index contributed by atoms with van der Waals surface area (Å²) in [5.74, 6) is 0.860. The second kappa shape index (κ2) is 5.31. The highest BCUT2D eigenvalue weighted by Gasteiger charge is 2.28. The molecule has 2 rings (SSSR count). The maximum Gasteiger partial charge on any atom is 0.0693 e. The van der Waals surface area contributed by atoms with Gasteiger partial charge in [0.25, 0.3) is 0 Å². The lowest BCUT2D eigenvalue weighted by atomic mass is 9.90. The standard InChI is InChI=1S/C13H25NO/c1-10(11-6-2-3-7-11)14-12-8-4-5-9-13(12)15/h10-15H,2-9H2,1H3/t10-,12-,13-/m0/s1. The molecular weight excluding hydrogens is 186 g/mol. The Hall–Kier alpha value is -0.0800. The molecular formula is C13H25NO. The van der Waals surface area contributed by atoms with E-state index in [1.165, 1.54) is 38.5 Å². The predicted molar refractivity (Wildman–Crippen MR) is 62.8 cm³/mol. The van der Waals surface area contributed by atoms with E-state index >= 15 is 0 Å². The van der Waals surface area contributed by atoms with E-state index in [2.05, 4.69) is 12.2 Å². The zero-order chi connectivity index (χ0) is 10.7. The van der Waals surface area contributed by atoms with Gasteiger partial charge >= 0.3 is 0 Å². The first-order chi connectivity index (χ1) is 7.27. The number of rotatable bonds is 3. The van der Waals surface area contributed by atoms with Gasteiger partial charge in [0.15, 0.2) is 0 Å². The van der Waals surface area contributed by atoms with Gasteiger partial charge in [0, 0.05) is 12.1 Å². The fourth-order valence-electron chi connectivity index (χ4n) is 3.24. The monoisotopic (exact) mass is 211 g/mol. The Bertz CT molecular complexity index is 189. The van der Waals surface area contributed by atoms with Gasteiger partial charge in [-0.2, -0.15) is 0 Å². The van der Waals surface area contributed by atoms with Gasteiger partial charge in [-0.1, -0.05) is 25.7 Å². The smallest absolute Gasteiger partial charge is 0.0693 e. The third-order valence-electron chi connectivity index (χ3n) is 4.31. The lowest BCUT2D eigenvalue weighted by Gasteiger charge is -2.33. The quantitative estimate of drug-likeness (QED) is 0.751. The van der Waals surface area contributed by atoms with Gasteiger partial charge in [0.2, 0.25) is 0 Å². The molecule has 0 aromatic carbocycles. The molecule has 88 valence electrons. The van der Waals surface area contributed by atoms with Gasteiger partial charge in [0.05, 0.1) is 6.10 Å². The first kappa shape index (κ1) is 11.4. The Morgan fingerprint density at radius 2 is 1.60 bits per heavy atom. The molecule has 0 saturated heterocycles. The average Bonchev–Trinajstić information content (AvgIpc) is 2.74. The van der Waals surface area contributed by atoms with Crippen LogP contribution in [0.2, 0.25) is 0 Å². The van der Waals surface area contributed by atoms with Crippen molar-refractivity contribution in [3.05, 3.63) is 0 Å². The Kier molecular flexibility index (Phi) is 4.04. The van der Waals surface area contributed by atoms with Crippen molar-refractivity contribution in [2.75, 3.05) is 0 Å². The van der Waals surface area contributed by atoms with Crippen LogP contribution in [0.15, 0.2) is 0 Å². The maximum atomic E-state index is 9.90. The second-order valence-electron chi connectivity index (χ2n) is 5.46. The predicted octanol–water partition coefficient (Wildman–Crippen LogP) is 2.46. The zero-order valence-electron chi connectivity index (χ0n) is 9.91. The first-order valence-corrected chi connectivity index (χ1v) is 6.71. The molecule has 0 aliphatic heterocycles. The molecule has 0 amide bonds. The Morgan fingerprint density at radius 3 is 2.27 bits per heavy atom. The molecule has 2 saturated carbocycles. The fraction of sp³-hybridized carbons (Fsp3) is 1.00. The molecule has 2 fully saturated rings. The summed E-state index contributed by atoms with van der Waals surface area (Å²) < 4.78 is 0. The summed E-state index contributed by atoms with van der Waals surface area (Å²) in [5, 5.41) is 13.6. The normalized spacial score (nSPS) is 35.6. The molecule has 2 nitrogen and oxygen atoms in total. The van der Waals surface area contributed by atoms with E-state index in [4.69, 9.17) is 0 Å². The van der Waals surface area contributed by atoms with Gasteiger partial charge in [-0.25, -0.2) is 0 Å². The molecule has 15 heavy (non-hydrogen) atoms. The van der Waals surface area contributed by atoms with E-state index in [0.717, 1.165) is 18.8 Å². The number of hydrogen-bond acceptors (Lipinski definition) is 2. The molecule has 0 spiro atoms. The Balaban J connectivity index is 1.78. The second-order valence-corrected chi connectivity index (χ2v) is 5.46. The van der Waals surface area contributed by atoms with Gasteiger partial charge in [-0.15, -0.1) is 0 Å². The van der Waals surface area contributed by atoms with Crippen molar-refractivity contribution in [1.82, 2.24) is 5.32 Å². The van der Waals surface area contributed by atoms with Gasteiger partial charge < -0.3 is 10.4 Å². The number of nitrogens with one attached hydrogen (secondary N) is 1. The van der Waals surface area contributed by atoms with Crippen LogP contribution in [0, 0.1) is 5.92 Å². The van der Waals surface area contributed by atoms with Crippen LogP contribution in [0.4, 0.5) is 0 Å². The highest BCUT2D eigenvalue weighted by molar-refractivity contribution is 4.86. The number of aliphatic hydroxyl groups excluding tert-OH is 1. The maximum absolute atomic E-state index is 9.90. The molecule has 0 aromatic heterocycles. The van der Waals surface area contributed by atoms with Crippen molar-refractivity contribution in [2.24, 2.45) is 5.92 Å². The highest BCUT2D eigenvalue weighted by atomic mass is 16.3. The Labute approximate surface area is 93.5 Å². The first-order valence-electron chi connectivity index (χ1n) is 6.71. The minimum Gasteiger partial charge on any atom is -0.392 e. The van der Waals surface area contributed by atoms with Crippen LogP contribution in [0.3, 0.4) is 0 Å². The van der Waals surface area contributed by atoms with Crippen LogP contribution < -0.4 is 5.32 Å². The Morgan fingerprint density at radius 1 is 1.00 bits per heavy atom. The third kappa shape index (κ3) is 2.94. The van der Waals surface area contributed by atoms with E-state index in [0.29, 0.717) is 12.1 Å². The number of aliphatic hydroxyl groups is 1. The SMILES string of the molecule is C[C@H](N[C@H]1CCCC[C@@H]1O)C1CCCC1. The number of hydrogen-bond donors (Lipinski definition) is 2. The summed E-state index contributed by atoms with van der Waals surface area (Å²) in [4.78, 5) is 0. The molecule has 2 aliphatic carbocycles. The fourth-order valence-corrected chi connectivity index (χ4v) is 3.24. The van der Waals surface area contributed by atoms with Gasteiger partial charge in [-0.05, 0) is 38.5 Å². The topological polar surface area (TPSA) is 32.3 Å². The van der Waals surface area contributed by atoms with Crippen LogP contribution in [-0.4, -0.2) is 23.3 Å². The van der Waals surface area contributed by atoms with Crippen molar-refractivity contribution in [1.29, 1.82) is 0 Å². The van der Waals surface area contributed by atoms with Crippen molar-refractivity contribution < 1.29 is 5.11 Å². The van der Waals surface area contributed by atoms with E-state index in [-0.39, 0.29) is 6.10 Å². The van der Waals surface area contributed by atoms with Gasteiger partial charge in [-0.3, -0.25) is 0 Å². The minimum atomic E-state index is -0.0948. The lowest BCUT2D eigenvalue weighted by molar-refractivity contribution is 0.0814. The van der Waals surface area contributed by atoms with E-state index in [9.17, 15) is 5.11 Å². The summed E-state index contributed by atoms with van der Waals surface area (Å²) in [7, 11) is 0. The van der Waals surface area contributed by atoms with Crippen molar-refractivity contribution in [3.63, 3.8) is 0 Å². The summed E-state index contributed by atoms with van der Waals surface area (Å²) in [6, 6.07) is 0.972. The summed E-state index contributed by atoms with van der Waals surface area (Å²) >= 11 is 0. The molecule has 2 aliphatic rings. The largest absolute Gasteiger partial charge is 0.392 e. The zero-order valence-corrected chi connectivity index (χ0v) is 9.91.